The van der Waals surface area contributed by atoms with Crippen molar-refractivity contribution in [1.29, 1.82) is 0 Å². The molecule has 0 fully saturated rings. The zero-order valence-corrected chi connectivity index (χ0v) is 15.3. The van der Waals surface area contributed by atoms with E-state index in [0.717, 1.165) is 24.0 Å². The number of alkyl halides is 3. The third kappa shape index (κ3) is 4.18. The van der Waals surface area contributed by atoms with Crippen molar-refractivity contribution in [3.05, 3.63) is 62.1 Å². The summed E-state index contributed by atoms with van der Waals surface area (Å²) in [7, 11) is 0. The molecule has 1 N–H and O–H groups in total. The summed E-state index contributed by atoms with van der Waals surface area (Å²) < 4.78 is 45.7. The Hall–Kier alpha value is -2.84. The van der Waals surface area contributed by atoms with Gasteiger partial charge in [0.05, 0.1) is 5.39 Å². The number of aromatic amines is 1. The number of nitrogens with zero attached hydrogens (tertiary/aromatic N) is 2. The minimum absolute atomic E-state index is 0.0144. The highest BCUT2D eigenvalue weighted by molar-refractivity contribution is 5.84. The van der Waals surface area contributed by atoms with Crippen LogP contribution >= 0.6 is 0 Å². The first-order chi connectivity index (χ1) is 13.3. The van der Waals surface area contributed by atoms with Crippen LogP contribution in [0.3, 0.4) is 0 Å². The number of unbranched alkanes of at least 4 members (excludes halogenated alkanes) is 1. The summed E-state index contributed by atoms with van der Waals surface area (Å²) >= 11 is 0. The summed E-state index contributed by atoms with van der Waals surface area (Å²) in [5.41, 5.74) is -0.0180. The highest BCUT2D eigenvalue weighted by atomic mass is 19.4. The number of halogens is 3. The minimum Gasteiger partial charge on any atom is -0.355 e. The quantitative estimate of drug-likeness (QED) is 0.619. The number of H-pyrrole nitrogens is 1. The number of benzene rings is 1. The van der Waals surface area contributed by atoms with E-state index in [2.05, 4.69) is 10.1 Å². The Labute approximate surface area is 158 Å². The van der Waals surface area contributed by atoms with Crippen molar-refractivity contribution in [3.63, 3.8) is 0 Å². The molecule has 0 unspecified atom stereocenters. The van der Waals surface area contributed by atoms with E-state index in [1.807, 2.05) is 6.92 Å². The topological polar surface area (TPSA) is 80.9 Å². The molecule has 0 saturated carbocycles. The first-order valence-corrected chi connectivity index (χ1v) is 9.08. The van der Waals surface area contributed by atoms with E-state index in [-0.39, 0.29) is 11.0 Å². The number of aryl methyl sites for hydroxylation is 3. The number of fused-ring (bicyclic) bond motifs is 1. The van der Waals surface area contributed by atoms with Crippen LogP contribution < -0.4 is 11.2 Å². The van der Waals surface area contributed by atoms with Gasteiger partial charge >= 0.3 is 11.9 Å². The van der Waals surface area contributed by atoms with Gasteiger partial charge in [-0.1, -0.05) is 24.6 Å². The average Bonchev–Trinajstić information content (AvgIpc) is 3.06. The average molecular weight is 395 g/mol. The van der Waals surface area contributed by atoms with Crippen LogP contribution in [0.5, 0.6) is 0 Å². The zero-order valence-electron chi connectivity index (χ0n) is 15.3. The van der Waals surface area contributed by atoms with Crippen LogP contribution in [-0.2, 0) is 25.6 Å². The molecule has 1 aromatic carbocycles. The molecule has 0 atom stereocenters. The Morgan fingerprint density at radius 2 is 1.93 bits per heavy atom. The first kappa shape index (κ1) is 19.9. The highest BCUT2D eigenvalue weighted by Crippen LogP contribution is 2.36. The number of nitrogens with one attached hydrogen (secondary N) is 1. The zero-order chi connectivity index (χ0) is 20.3. The molecule has 2 aromatic heterocycles. The van der Waals surface area contributed by atoms with Crippen molar-refractivity contribution in [3.8, 4) is 0 Å². The maximum Gasteiger partial charge on any atom is 0.437 e. The number of rotatable bonds is 7. The molecule has 0 saturated heterocycles. The van der Waals surface area contributed by atoms with Gasteiger partial charge in [-0.3, -0.25) is 9.78 Å². The number of aromatic nitrogens is 3. The summed E-state index contributed by atoms with van der Waals surface area (Å²) in [5, 5.41) is 3.22. The second-order valence-corrected chi connectivity index (χ2v) is 6.62. The second kappa shape index (κ2) is 8.04. The lowest BCUT2D eigenvalue weighted by Gasteiger charge is -2.10. The van der Waals surface area contributed by atoms with Gasteiger partial charge in [0.2, 0.25) is 0 Å². The van der Waals surface area contributed by atoms with Gasteiger partial charge in [-0.15, -0.1) is 0 Å². The van der Waals surface area contributed by atoms with Crippen LogP contribution in [0.25, 0.3) is 11.0 Å². The van der Waals surface area contributed by atoms with Gasteiger partial charge in [0.1, 0.15) is 0 Å². The SMILES string of the molecule is CCCc1c(CCCCn2ccc(=O)[nH]c2=O)ccc2c(C(F)(F)F)noc12. The van der Waals surface area contributed by atoms with Crippen LogP contribution in [0.4, 0.5) is 13.2 Å². The maximum absolute atomic E-state index is 13.1. The summed E-state index contributed by atoms with van der Waals surface area (Å²) in [5.74, 6) is 0. The Morgan fingerprint density at radius 1 is 1.14 bits per heavy atom. The van der Waals surface area contributed by atoms with Crippen LogP contribution in [0.1, 0.15) is 43.0 Å². The van der Waals surface area contributed by atoms with Gasteiger partial charge in [0, 0.05) is 24.4 Å². The minimum atomic E-state index is -4.56. The lowest BCUT2D eigenvalue weighted by atomic mass is 9.96. The van der Waals surface area contributed by atoms with Crippen LogP contribution in [0.15, 0.2) is 38.5 Å². The number of hydrogen-bond donors (Lipinski definition) is 1. The summed E-state index contributed by atoms with van der Waals surface area (Å²) in [6.45, 7) is 2.40. The Bertz CT molecular complexity index is 1080. The van der Waals surface area contributed by atoms with E-state index in [1.165, 1.54) is 22.9 Å². The fourth-order valence-corrected chi connectivity index (χ4v) is 3.28. The van der Waals surface area contributed by atoms with E-state index in [4.69, 9.17) is 4.52 Å². The van der Waals surface area contributed by atoms with Crippen molar-refractivity contribution in [2.24, 2.45) is 0 Å². The lowest BCUT2D eigenvalue weighted by molar-refractivity contribution is -0.141. The molecule has 0 aliphatic rings. The fraction of sp³-hybridized carbons (Fsp3) is 0.421. The van der Waals surface area contributed by atoms with Gasteiger partial charge in [-0.25, -0.2) is 4.79 Å². The maximum atomic E-state index is 13.1. The van der Waals surface area contributed by atoms with Crippen molar-refractivity contribution in [2.45, 2.75) is 51.7 Å². The first-order valence-electron chi connectivity index (χ1n) is 9.08. The molecular formula is C19H20F3N3O3. The molecule has 0 aliphatic carbocycles. The lowest BCUT2D eigenvalue weighted by Crippen LogP contribution is -2.28. The molecule has 3 aromatic rings. The molecule has 2 heterocycles. The van der Waals surface area contributed by atoms with Crippen LogP contribution in [-0.4, -0.2) is 14.7 Å². The third-order valence-corrected chi connectivity index (χ3v) is 4.60. The normalized spacial score (nSPS) is 12.0. The summed E-state index contributed by atoms with van der Waals surface area (Å²) in [4.78, 5) is 24.9. The molecule has 0 bridgehead atoms. The molecule has 3 rings (SSSR count). The van der Waals surface area contributed by atoms with E-state index in [9.17, 15) is 22.8 Å². The van der Waals surface area contributed by atoms with Crippen molar-refractivity contribution in [2.75, 3.05) is 0 Å². The summed E-state index contributed by atoms with van der Waals surface area (Å²) in [6, 6.07) is 4.40. The molecular weight excluding hydrogens is 375 g/mol. The van der Waals surface area contributed by atoms with Crippen molar-refractivity contribution >= 4 is 11.0 Å². The molecule has 150 valence electrons. The molecule has 0 spiro atoms. The smallest absolute Gasteiger partial charge is 0.355 e. The molecule has 6 nitrogen and oxygen atoms in total. The van der Waals surface area contributed by atoms with E-state index in [1.54, 1.807) is 6.07 Å². The Morgan fingerprint density at radius 3 is 2.61 bits per heavy atom. The van der Waals surface area contributed by atoms with Gasteiger partial charge in [0.25, 0.3) is 5.56 Å². The van der Waals surface area contributed by atoms with Gasteiger partial charge in [-0.05, 0) is 37.3 Å². The molecule has 0 amide bonds. The Balaban J connectivity index is 1.76. The molecule has 0 radical (unpaired) electrons. The van der Waals surface area contributed by atoms with E-state index >= 15 is 0 Å². The van der Waals surface area contributed by atoms with Crippen LogP contribution in [0.2, 0.25) is 0 Å². The molecule has 0 aliphatic heterocycles. The fourth-order valence-electron chi connectivity index (χ4n) is 3.28. The highest BCUT2D eigenvalue weighted by Gasteiger charge is 2.37. The monoisotopic (exact) mass is 395 g/mol. The summed E-state index contributed by atoms with van der Waals surface area (Å²) in [6.07, 6.45) is 0.307. The van der Waals surface area contributed by atoms with Crippen molar-refractivity contribution in [1.82, 2.24) is 14.7 Å². The van der Waals surface area contributed by atoms with Gasteiger partial charge in [0.15, 0.2) is 11.3 Å². The van der Waals surface area contributed by atoms with Gasteiger partial charge < -0.3 is 9.09 Å². The van der Waals surface area contributed by atoms with Crippen molar-refractivity contribution < 1.29 is 17.7 Å². The number of hydrogen-bond acceptors (Lipinski definition) is 4. The second-order valence-electron chi connectivity index (χ2n) is 6.62. The Kier molecular flexibility index (Phi) is 5.71. The molecule has 9 heteroatoms. The van der Waals surface area contributed by atoms with E-state index < -0.39 is 23.1 Å². The molecule has 28 heavy (non-hydrogen) atoms. The third-order valence-electron chi connectivity index (χ3n) is 4.60. The predicted molar refractivity (Wildman–Crippen MR) is 97.3 cm³/mol. The largest absolute Gasteiger partial charge is 0.437 e. The standard InChI is InChI=1S/C19H20F3N3O3/c1-2-5-13-12(6-3-4-10-25-11-9-15(26)23-18(25)27)7-8-14-16(13)28-24-17(14)19(20,21)22/h7-9,11H,2-6,10H2,1H3,(H,23,26,27). The van der Waals surface area contributed by atoms with Crippen LogP contribution in [0, 0.1) is 0 Å². The van der Waals surface area contributed by atoms with Gasteiger partial charge in [-0.2, -0.15) is 13.2 Å². The van der Waals surface area contributed by atoms with E-state index in [0.29, 0.717) is 25.8 Å². The predicted octanol–water partition coefficient (Wildman–Crippen LogP) is 3.67.